The molecule has 11 heteroatoms. The maximum Gasteiger partial charge on any atom is 0.422 e. The Balaban J connectivity index is 0.000000269. The van der Waals surface area contributed by atoms with E-state index < -0.39 is 17.4 Å². The fourth-order valence-electron chi connectivity index (χ4n) is 2.70. The number of aliphatic carboxylic acids is 1. The van der Waals surface area contributed by atoms with Crippen molar-refractivity contribution < 1.29 is 23.9 Å². The van der Waals surface area contributed by atoms with Gasteiger partial charge in [-0.1, -0.05) is 31.7 Å². The summed E-state index contributed by atoms with van der Waals surface area (Å²) in [4.78, 5) is 55.9. The van der Waals surface area contributed by atoms with Crippen LogP contribution in [0.5, 0.6) is 0 Å². The van der Waals surface area contributed by atoms with Gasteiger partial charge in [-0.2, -0.15) is 0 Å². The molecule has 0 atom stereocenters. The summed E-state index contributed by atoms with van der Waals surface area (Å²) in [5.41, 5.74) is 5.78. The zero-order chi connectivity index (χ0) is 23.8. The van der Waals surface area contributed by atoms with Gasteiger partial charge in [0.15, 0.2) is 0 Å². The highest BCUT2D eigenvalue weighted by atomic mass is 16.4. The number of nitrogens with zero attached hydrogens (tertiary/aromatic N) is 2. The fraction of sp³-hybridized carbons (Fsp3) is 0.227. The molecule has 0 bridgehead atoms. The first-order chi connectivity index (χ1) is 15.2. The molecule has 1 aliphatic rings. The number of carboxylic acids is 1. The second-order valence-electron chi connectivity index (χ2n) is 6.48. The molecule has 2 aromatic carbocycles. The molecule has 33 heavy (non-hydrogen) atoms. The van der Waals surface area contributed by atoms with Crippen LogP contribution in [0.3, 0.4) is 0 Å². The first-order valence-electron chi connectivity index (χ1n) is 9.31. The van der Waals surface area contributed by atoms with E-state index in [-0.39, 0.29) is 32.3 Å². The minimum Gasteiger partial charge on any atom is -0.480 e. The number of aromatic nitrogens is 1. The van der Waals surface area contributed by atoms with Gasteiger partial charge in [0.25, 0.3) is 5.91 Å². The van der Waals surface area contributed by atoms with Gasteiger partial charge in [-0.15, -0.1) is 0 Å². The second-order valence-corrected chi connectivity index (χ2v) is 6.48. The van der Waals surface area contributed by atoms with Gasteiger partial charge in [0.05, 0.1) is 35.2 Å². The van der Waals surface area contributed by atoms with Crippen LogP contribution in [0, 0.1) is 0 Å². The molecule has 4 rings (SSSR count). The number of likely N-dealkylation sites (N-methyl/N-ethyl adjacent to an activating group) is 1. The highest BCUT2D eigenvalue weighted by molar-refractivity contribution is 6.09. The normalized spacial score (nSPS) is 12.0. The Morgan fingerprint density at radius 2 is 1.64 bits per heavy atom. The van der Waals surface area contributed by atoms with Gasteiger partial charge in [-0.3, -0.25) is 19.0 Å². The van der Waals surface area contributed by atoms with E-state index in [1.54, 1.807) is 62.6 Å². The van der Waals surface area contributed by atoms with Crippen molar-refractivity contribution >= 4 is 34.4 Å². The minimum atomic E-state index is -0.968. The lowest BCUT2D eigenvalue weighted by Crippen LogP contribution is -2.33. The smallest absolute Gasteiger partial charge is 0.422 e. The Morgan fingerprint density at radius 1 is 1.06 bits per heavy atom. The number of para-hydroxylation sites is 2. The molecule has 4 N–H and O–H groups in total. The number of nitrogens with two attached hydrogens (primary N) is 1. The van der Waals surface area contributed by atoms with Crippen LogP contribution in [-0.4, -0.2) is 47.6 Å². The summed E-state index contributed by atoms with van der Waals surface area (Å²) >= 11 is 0. The number of hydrogen-bond acceptors (Lipinski definition) is 7. The Morgan fingerprint density at radius 3 is 2.27 bits per heavy atom. The zero-order valence-electron chi connectivity index (χ0n) is 17.4. The summed E-state index contributed by atoms with van der Waals surface area (Å²) < 4.78 is 5.78. The molecule has 0 saturated carbocycles. The third-order valence-corrected chi connectivity index (χ3v) is 4.40. The molecule has 0 aliphatic carbocycles. The van der Waals surface area contributed by atoms with E-state index in [1.807, 2.05) is 0 Å². The van der Waals surface area contributed by atoms with Crippen LogP contribution < -0.4 is 27.3 Å². The minimum absolute atomic E-state index is 0. The highest BCUT2D eigenvalue weighted by Crippen LogP contribution is 2.20. The quantitative estimate of drug-likeness (QED) is 0.476. The van der Waals surface area contributed by atoms with Crippen LogP contribution >= 0.6 is 0 Å². The summed E-state index contributed by atoms with van der Waals surface area (Å²) in [5.74, 6) is -1.91. The molecule has 2 amide bonds. The van der Waals surface area contributed by atoms with E-state index in [0.29, 0.717) is 22.2 Å². The molecule has 2 heterocycles. The van der Waals surface area contributed by atoms with E-state index in [4.69, 9.17) is 5.11 Å². The van der Waals surface area contributed by atoms with Gasteiger partial charge in [0.1, 0.15) is 0 Å². The Bertz CT molecular complexity index is 1260. The fourth-order valence-corrected chi connectivity index (χ4v) is 2.70. The van der Waals surface area contributed by atoms with Crippen LogP contribution in [0.15, 0.2) is 62.5 Å². The molecular formula is C22H26N4O7. The van der Waals surface area contributed by atoms with E-state index >= 15 is 0 Å². The van der Waals surface area contributed by atoms with Crippen LogP contribution in [0.1, 0.15) is 17.8 Å². The zero-order valence-corrected chi connectivity index (χ0v) is 17.4. The lowest BCUT2D eigenvalue weighted by Gasteiger charge is -2.15. The summed E-state index contributed by atoms with van der Waals surface area (Å²) in [6.07, 6.45) is 0. The van der Waals surface area contributed by atoms with Crippen molar-refractivity contribution in [2.75, 3.05) is 25.0 Å². The van der Waals surface area contributed by atoms with Crippen molar-refractivity contribution in [2.45, 2.75) is 7.43 Å². The van der Waals surface area contributed by atoms with E-state index in [9.17, 15) is 24.0 Å². The van der Waals surface area contributed by atoms with Crippen molar-refractivity contribution in [3.63, 3.8) is 0 Å². The largest absolute Gasteiger partial charge is 0.480 e. The number of nitrogens with one attached hydrogen (secondary N) is 1. The number of hydrogen-bond donors (Lipinski definition) is 3. The van der Waals surface area contributed by atoms with Crippen LogP contribution in [-0.2, 0) is 16.6 Å². The summed E-state index contributed by atoms with van der Waals surface area (Å²) in [6.45, 7) is -0.218. The number of rotatable bonds is 1. The van der Waals surface area contributed by atoms with Crippen LogP contribution in [0.2, 0.25) is 0 Å². The number of carbonyl (C=O) groups excluding carboxylic acids is 2. The Hall–Kier alpha value is -4.25. The van der Waals surface area contributed by atoms with Gasteiger partial charge in [0, 0.05) is 14.1 Å². The molecule has 0 radical (unpaired) electrons. The molecule has 176 valence electrons. The van der Waals surface area contributed by atoms with Crippen LogP contribution in [0.25, 0.3) is 10.9 Å². The SMILES string of the molecule is C.CN1C(=O)CNC(=O)c2ccccc21.Cn1c(=O)oc(=O)c2ccccc21.NCC(=O)O. The van der Waals surface area contributed by atoms with Gasteiger partial charge in [-0.25, -0.2) is 9.59 Å². The monoisotopic (exact) mass is 458 g/mol. The van der Waals surface area contributed by atoms with Crippen molar-refractivity contribution in [2.24, 2.45) is 12.8 Å². The Labute approximate surface area is 189 Å². The van der Waals surface area contributed by atoms with E-state index in [2.05, 4.69) is 15.5 Å². The first kappa shape index (κ1) is 26.8. The highest BCUT2D eigenvalue weighted by Gasteiger charge is 2.22. The lowest BCUT2D eigenvalue weighted by atomic mass is 10.1. The van der Waals surface area contributed by atoms with Gasteiger partial charge < -0.3 is 25.5 Å². The molecule has 1 aliphatic heterocycles. The van der Waals surface area contributed by atoms with Crippen molar-refractivity contribution in [3.05, 3.63) is 75.1 Å². The third-order valence-electron chi connectivity index (χ3n) is 4.40. The van der Waals surface area contributed by atoms with E-state index in [0.717, 1.165) is 0 Å². The maximum atomic E-state index is 11.5. The predicted octanol–water partition coefficient (Wildman–Crippen LogP) is 0.550. The van der Waals surface area contributed by atoms with E-state index in [1.165, 1.54) is 9.47 Å². The average Bonchev–Trinajstić information content (AvgIpc) is 2.91. The summed E-state index contributed by atoms with van der Waals surface area (Å²) in [6, 6.07) is 13.9. The predicted molar refractivity (Wildman–Crippen MR) is 123 cm³/mol. The Kier molecular flexibility index (Phi) is 9.71. The molecule has 0 spiro atoms. The third kappa shape index (κ3) is 6.61. The van der Waals surface area contributed by atoms with Crippen molar-refractivity contribution in [3.8, 4) is 0 Å². The molecule has 0 unspecified atom stereocenters. The number of amides is 2. The molecular weight excluding hydrogens is 432 g/mol. The van der Waals surface area contributed by atoms with Crippen LogP contribution in [0.4, 0.5) is 5.69 Å². The second kappa shape index (κ2) is 12.0. The number of anilines is 1. The summed E-state index contributed by atoms with van der Waals surface area (Å²) in [7, 11) is 3.23. The standard InChI is InChI=1S/C10H10N2O2.C9H7NO3.C2H5NO2.CH4/c1-12-8-5-3-2-4-7(8)10(14)11-6-9(12)13;1-10-7-5-3-2-4-6(7)8(11)13-9(10)12;3-1-2(4)5;/h2-5H,6H2,1H3,(H,11,14);2-5H,1H3;1,3H2,(H,4,5);1H4. The van der Waals surface area contributed by atoms with Gasteiger partial charge in [-0.05, 0) is 24.3 Å². The maximum absolute atomic E-state index is 11.5. The average molecular weight is 458 g/mol. The number of aryl methyl sites for hydroxylation is 1. The lowest BCUT2D eigenvalue weighted by molar-refractivity contribution is -0.135. The van der Waals surface area contributed by atoms with Crippen molar-refractivity contribution in [1.82, 2.24) is 9.88 Å². The number of carboxylic acid groups (broad SMARTS) is 1. The molecule has 0 fully saturated rings. The number of carbonyl (C=O) groups is 3. The molecule has 0 saturated heterocycles. The number of benzene rings is 2. The first-order valence-corrected chi connectivity index (χ1v) is 9.31. The molecule has 1 aromatic heterocycles. The number of fused-ring (bicyclic) bond motifs is 2. The molecule has 11 nitrogen and oxygen atoms in total. The van der Waals surface area contributed by atoms with Gasteiger partial charge >= 0.3 is 17.4 Å². The van der Waals surface area contributed by atoms with Gasteiger partial charge in [0.2, 0.25) is 5.91 Å². The molecule has 3 aromatic rings. The summed E-state index contributed by atoms with van der Waals surface area (Å²) in [5, 5.41) is 10.6. The topological polar surface area (TPSA) is 165 Å². The van der Waals surface area contributed by atoms with Crippen molar-refractivity contribution in [1.29, 1.82) is 0 Å².